The maximum absolute atomic E-state index is 12.9. The van der Waals surface area contributed by atoms with E-state index in [0.717, 1.165) is 44.2 Å². The van der Waals surface area contributed by atoms with E-state index in [9.17, 15) is 4.39 Å². The van der Waals surface area contributed by atoms with Crippen LogP contribution in [0.15, 0.2) is 29.3 Å². The summed E-state index contributed by atoms with van der Waals surface area (Å²) in [6, 6.07) is 6.48. The minimum absolute atomic E-state index is 0.215. The Balaban J connectivity index is 1.83. The topological polar surface area (TPSA) is 45.7 Å². The molecule has 0 bridgehead atoms. The molecular weight excluding hydrogens is 293 g/mol. The van der Waals surface area contributed by atoms with Crippen molar-refractivity contribution < 1.29 is 9.13 Å². The van der Waals surface area contributed by atoms with Crippen LogP contribution in [0.5, 0.6) is 0 Å². The summed E-state index contributed by atoms with van der Waals surface area (Å²) >= 11 is 0. The smallest absolute Gasteiger partial charge is 0.191 e. The molecule has 2 rings (SSSR count). The number of nitrogens with one attached hydrogen (secondary N) is 2. The van der Waals surface area contributed by atoms with Gasteiger partial charge in [-0.05, 0) is 56.2 Å². The van der Waals surface area contributed by atoms with Gasteiger partial charge in [-0.2, -0.15) is 0 Å². The van der Waals surface area contributed by atoms with E-state index in [1.807, 2.05) is 6.92 Å². The van der Waals surface area contributed by atoms with Crippen molar-refractivity contribution in [3.8, 4) is 0 Å². The number of hydrogen-bond donors (Lipinski definition) is 2. The standard InChI is InChI=1S/C18H28FN3O/c1-3-20-17(21-13-15-5-7-16(19)8-6-15)22-14-18(9-10-18)11-12-23-4-2/h5-8H,3-4,9-14H2,1-2H3,(H2,20,21,22). The van der Waals surface area contributed by atoms with Crippen LogP contribution in [0.1, 0.15) is 38.7 Å². The average Bonchev–Trinajstić information content (AvgIpc) is 3.32. The van der Waals surface area contributed by atoms with E-state index in [0.29, 0.717) is 12.0 Å². The quantitative estimate of drug-likeness (QED) is 0.417. The second-order valence-corrected chi connectivity index (χ2v) is 6.12. The molecule has 1 aromatic carbocycles. The van der Waals surface area contributed by atoms with Crippen LogP contribution in [-0.2, 0) is 11.3 Å². The normalized spacial score (nSPS) is 16.2. The minimum Gasteiger partial charge on any atom is -0.382 e. The molecule has 0 radical (unpaired) electrons. The van der Waals surface area contributed by atoms with Gasteiger partial charge in [0.05, 0.1) is 6.54 Å². The minimum atomic E-state index is -0.215. The van der Waals surface area contributed by atoms with Gasteiger partial charge in [0, 0.05) is 26.3 Å². The van der Waals surface area contributed by atoms with Crippen LogP contribution in [0.2, 0.25) is 0 Å². The highest BCUT2D eigenvalue weighted by molar-refractivity contribution is 5.79. The molecule has 5 heteroatoms. The maximum Gasteiger partial charge on any atom is 0.191 e. The molecule has 2 N–H and O–H groups in total. The number of aliphatic imine (C=N–C) groups is 1. The molecule has 0 spiro atoms. The van der Waals surface area contributed by atoms with Crippen LogP contribution >= 0.6 is 0 Å². The van der Waals surface area contributed by atoms with Crippen molar-refractivity contribution in [3.63, 3.8) is 0 Å². The van der Waals surface area contributed by atoms with E-state index in [1.165, 1.54) is 25.0 Å². The molecule has 0 saturated heterocycles. The first-order valence-corrected chi connectivity index (χ1v) is 8.52. The third-order valence-electron chi connectivity index (χ3n) is 4.25. The lowest BCUT2D eigenvalue weighted by Gasteiger charge is -2.18. The molecule has 1 aliphatic carbocycles. The van der Waals surface area contributed by atoms with Crippen LogP contribution in [0.4, 0.5) is 4.39 Å². The molecule has 1 aromatic rings. The molecular formula is C18H28FN3O. The van der Waals surface area contributed by atoms with E-state index in [4.69, 9.17) is 4.74 Å². The first-order valence-electron chi connectivity index (χ1n) is 8.52. The van der Waals surface area contributed by atoms with Crippen molar-refractivity contribution in [2.45, 2.75) is 39.7 Å². The van der Waals surface area contributed by atoms with Gasteiger partial charge < -0.3 is 15.4 Å². The molecule has 0 atom stereocenters. The Morgan fingerprint density at radius 1 is 1.22 bits per heavy atom. The van der Waals surface area contributed by atoms with Gasteiger partial charge >= 0.3 is 0 Å². The van der Waals surface area contributed by atoms with E-state index in [-0.39, 0.29) is 5.82 Å². The number of hydrogen-bond acceptors (Lipinski definition) is 2. The van der Waals surface area contributed by atoms with Gasteiger partial charge in [0.2, 0.25) is 0 Å². The first kappa shape index (κ1) is 17.7. The van der Waals surface area contributed by atoms with Gasteiger partial charge in [-0.25, -0.2) is 9.38 Å². The molecule has 0 unspecified atom stereocenters. The summed E-state index contributed by atoms with van der Waals surface area (Å²) in [7, 11) is 0. The van der Waals surface area contributed by atoms with Crippen molar-refractivity contribution in [2.75, 3.05) is 26.3 Å². The summed E-state index contributed by atoms with van der Waals surface area (Å²) in [5.74, 6) is 0.604. The lowest BCUT2D eigenvalue weighted by atomic mass is 10.0. The summed E-state index contributed by atoms with van der Waals surface area (Å²) in [6.07, 6.45) is 3.61. The molecule has 0 aromatic heterocycles. The van der Waals surface area contributed by atoms with Crippen molar-refractivity contribution in [1.82, 2.24) is 10.6 Å². The molecule has 4 nitrogen and oxygen atoms in total. The Labute approximate surface area is 138 Å². The fourth-order valence-corrected chi connectivity index (χ4v) is 2.50. The number of benzene rings is 1. The van der Waals surface area contributed by atoms with Crippen LogP contribution < -0.4 is 10.6 Å². The zero-order chi connectivity index (χ0) is 16.5. The van der Waals surface area contributed by atoms with Gasteiger partial charge in [0.1, 0.15) is 5.82 Å². The monoisotopic (exact) mass is 321 g/mol. The Bertz CT molecular complexity index is 497. The number of guanidine groups is 1. The van der Waals surface area contributed by atoms with Crippen LogP contribution in [0.3, 0.4) is 0 Å². The van der Waals surface area contributed by atoms with Crippen molar-refractivity contribution in [1.29, 1.82) is 0 Å². The molecule has 1 fully saturated rings. The number of ether oxygens (including phenoxy) is 1. The zero-order valence-corrected chi connectivity index (χ0v) is 14.2. The Morgan fingerprint density at radius 3 is 2.57 bits per heavy atom. The second kappa shape index (κ2) is 8.87. The molecule has 0 heterocycles. The maximum atomic E-state index is 12.9. The summed E-state index contributed by atoms with van der Waals surface area (Å²) in [5.41, 5.74) is 1.38. The SMILES string of the molecule is CCNC(=NCc1ccc(F)cc1)NCC1(CCOCC)CC1. The Kier molecular flexibility index (Phi) is 6.84. The summed E-state index contributed by atoms with van der Waals surface area (Å²) < 4.78 is 18.4. The Morgan fingerprint density at radius 2 is 1.96 bits per heavy atom. The zero-order valence-electron chi connectivity index (χ0n) is 14.2. The summed E-state index contributed by atoms with van der Waals surface area (Å²) in [4.78, 5) is 4.58. The fraction of sp³-hybridized carbons (Fsp3) is 0.611. The van der Waals surface area contributed by atoms with Gasteiger partial charge in [0.25, 0.3) is 0 Å². The van der Waals surface area contributed by atoms with Gasteiger partial charge in [0.15, 0.2) is 5.96 Å². The van der Waals surface area contributed by atoms with Gasteiger partial charge in [-0.1, -0.05) is 12.1 Å². The Hall–Kier alpha value is -1.62. The highest BCUT2D eigenvalue weighted by Gasteiger charge is 2.41. The molecule has 1 saturated carbocycles. The van der Waals surface area contributed by atoms with E-state index in [1.54, 1.807) is 12.1 Å². The number of halogens is 1. The third-order valence-corrected chi connectivity index (χ3v) is 4.25. The molecule has 1 aliphatic rings. The molecule has 0 aliphatic heterocycles. The third kappa shape index (κ3) is 6.18. The van der Waals surface area contributed by atoms with Crippen molar-refractivity contribution in [2.24, 2.45) is 10.4 Å². The molecule has 0 amide bonds. The second-order valence-electron chi connectivity index (χ2n) is 6.12. The van der Waals surface area contributed by atoms with Gasteiger partial charge in [-0.3, -0.25) is 0 Å². The highest BCUT2D eigenvalue weighted by atomic mass is 19.1. The van der Waals surface area contributed by atoms with Crippen molar-refractivity contribution in [3.05, 3.63) is 35.6 Å². The summed E-state index contributed by atoms with van der Waals surface area (Å²) in [6.45, 7) is 7.99. The lowest BCUT2D eigenvalue weighted by Crippen LogP contribution is -2.40. The first-order chi connectivity index (χ1) is 11.2. The van der Waals surface area contributed by atoms with E-state index >= 15 is 0 Å². The average molecular weight is 321 g/mol. The summed E-state index contributed by atoms with van der Waals surface area (Å²) in [5, 5.41) is 6.71. The molecule has 128 valence electrons. The molecule has 23 heavy (non-hydrogen) atoms. The largest absolute Gasteiger partial charge is 0.382 e. The predicted molar refractivity (Wildman–Crippen MR) is 92.0 cm³/mol. The van der Waals surface area contributed by atoms with Crippen LogP contribution in [0, 0.1) is 11.2 Å². The van der Waals surface area contributed by atoms with E-state index < -0.39 is 0 Å². The van der Waals surface area contributed by atoms with Crippen LogP contribution in [-0.4, -0.2) is 32.3 Å². The van der Waals surface area contributed by atoms with Gasteiger partial charge in [-0.15, -0.1) is 0 Å². The number of rotatable bonds is 9. The van der Waals surface area contributed by atoms with Crippen molar-refractivity contribution >= 4 is 5.96 Å². The van der Waals surface area contributed by atoms with E-state index in [2.05, 4.69) is 22.5 Å². The van der Waals surface area contributed by atoms with Crippen LogP contribution in [0.25, 0.3) is 0 Å². The predicted octanol–water partition coefficient (Wildman–Crippen LogP) is 3.09. The fourth-order valence-electron chi connectivity index (χ4n) is 2.50. The lowest BCUT2D eigenvalue weighted by molar-refractivity contribution is 0.128. The highest BCUT2D eigenvalue weighted by Crippen LogP contribution is 2.48. The number of nitrogens with zero attached hydrogens (tertiary/aromatic N) is 1.